The second kappa shape index (κ2) is 5.14. The van der Waals surface area contributed by atoms with Crippen molar-refractivity contribution >= 4 is 41.1 Å². The molecule has 0 atom stereocenters. The summed E-state index contributed by atoms with van der Waals surface area (Å²) in [5.41, 5.74) is 1.04. The van der Waals surface area contributed by atoms with Crippen LogP contribution < -0.4 is 5.56 Å². The molecular weight excluding hydrogens is 296 g/mol. The molecule has 0 radical (unpaired) electrons. The highest BCUT2D eigenvalue weighted by Crippen LogP contribution is 2.35. The first-order valence-electron chi connectivity index (χ1n) is 4.85. The third-order valence-corrected chi connectivity index (χ3v) is 3.58. The number of carbonyl (C=O) groups is 1. The average molecular weight is 303 g/mol. The zero-order chi connectivity index (χ0) is 13.3. The molecule has 2 rings (SSSR count). The SMILES string of the molecule is O=Cc1cc(=O)[nH]cc1-c1cc(Cl)c(Cl)c(Cl)c1. The van der Waals surface area contributed by atoms with Crippen LogP contribution in [0.1, 0.15) is 10.4 Å². The average Bonchev–Trinajstić information content (AvgIpc) is 2.35. The molecule has 1 aromatic heterocycles. The van der Waals surface area contributed by atoms with E-state index < -0.39 is 0 Å². The highest BCUT2D eigenvalue weighted by atomic mass is 35.5. The largest absolute Gasteiger partial charge is 0.328 e. The molecule has 0 saturated heterocycles. The van der Waals surface area contributed by atoms with Crippen LogP contribution in [0.3, 0.4) is 0 Å². The monoisotopic (exact) mass is 301 g/mol. The Morgan fingerprint density at radius 3 is 2.22 bits per heavy atom. The summed E-state index contributed by atoms with van der Waals surface area (Å²) in [4.78, 5) is 24.6. The number of aromatic nitrogens is 1. The highest BCUT2D eigenvalue weighted by Gasteiger charge is 2.10. The summed E-state index contributed by atoms with van der Waals surface area (Å²) in [6, 6.07) is 4.37. The number of benzene rings is 1. The number of hydrogen-bond acceptors (Lipinski definition) is 2. The standard InChI is InChI=1S/C12H6Cl3NO2/c13-9-1-6(2-10(14)12(9)15)8-4-16-11(18)3-7(8)5-17/h1-5H,(H,16,18). The smallest absolute Gasteiger partial charge is 0.248 e. The van der Waals surface area contributed by atoms with Crippen LogP contribution in [0.2, 0.25) is 15.1 Å². The highest BCUT2D eigenvalue weighted by molar-refractivity contribution is 6.48. The normalized spacial score (nSPS) is 10.4. The summed E-state index contributed by atoms with van der Waals surface area (Å²) in [5, 5.41) is 0.809. The van der Waals surface area contributed by atoms with Gasteiger partial charge in [-0.05, 0) is 17.7 Å². The first kappa shape index (κ1) is 13.1. The van der Waals surface area contributed by atoms with E-state index in [1.54, 1.807) is 12.1 Å². The first-order valence-corrected chi connectivity index (χ1v) is 5.99. The quantitative estimate of drug-likeness (QED) is 0.677. The number of rotatable bonds is 2. The van der Waals surface area contributed by atoms with Crippen molar-refractivity contribution < 1.29 is 4.79 Å². The number of aldehydes is 1. The molecule has 1 heterocycles. The van der Waals surface area contributed by atoms with Crippen LogP contribution in [0.5, 0.6) is 0 Å². The summed E-state index contributed by atoms with van der Waals surface area (Å²) in [6.07, 6.45) is 2.03. The second-order valence-electron chi connectivity index (χ2n) is 3.54. The molecule has 2 aromatic rings. The number of hydrogen-bond donors (Lipinski definition) is 1. The molecule has 0 fully saturated rings. The molecule has 0 saturated carbocycles. The summed E-state index contributed by atoms with van der Waals surface area (Å²) in [7, 11) is 0. The van der Waals surface area contributed by atoms with Gasteiger partial charge in [-0.25, -0.2) is 0 Å². The number of carbonyl (C=O) groups excluding carboxylic acids is 1. The molecule has 6 heteroatoms. The summed E-state index contributed by atoms with van der Waals surface area (Å²) >= 11 is 17.7. The van der Waals surface area contributed by atoms with Gasteiger partial charge >= 0.3 is 0 Å². The van der Waals surface area contributed by atoms with E-state index in [4.69, 9.17) is 34.8 Å². The van der Waals surface area contributed by atoms with Crippen molar-refractivity contribution in [1.29, 1.82) is 0 Å². The number of pyridine rings is 1. The van der Waals surface area contributed by atoms with E-state index in [2.05, 4.69) is 4.98 Å². The van der Waals surface area contributed by atoms with Crippen LogP contribution in [-0.2, 0) is 0 Å². The van der Waals surface area contributed by atoms with Crippen molar-refractivity contribution in [3.63, 3.8) is 0 Å². The van der Waals surface area contributed by atoms with Crippen LogP contribution in [-0.4, -0.2) is 11.3 Å². The molecule has 0 amide bonds. The van der Waals surface area contributed by atoms with Gasteiger partial charge in [0.15, 0.2) is 6.29 Å². The van der Waals surface area contributed by atoms with Gasteiger partial charge in [0.1, 0.15) is 0 Å². The lowest BCUT2D eigenvalue weighted by Crippen LogP contribution is -2.06. The number of aromatic amines is 1. The Morgan fingerprint density at radius 2 is 1.67 bits per heavy atom. The molecule has 92 valence electrons. The van der Waals surface area contributed by atoms with Crippen molar-refractivity contribution in [2.45, 2.75) is 0 Å². The first-order chi connectivity index (χ1) is 8.52. The Labute approximate surface area is 117 Å². The van der Waals surface area contributed by atoms with Crippen molar-refractivity contribution in [3.8, 4) is 11.1 Å². The van der Waals surface area contributed by atoms with Gasteiger partial charge in [0, 0.05) is 23.4 Å². The van der Waals surface area contributed by atoms with Gasteiger partial charge < -0.3 is 4.98 Å². The number of halogens is 3. The Balaban J connectivity index is 2.69. The van der Waals surface area contributed by atoms with Crippen LogP contribution in [0.4, 0.5) is 0 Å². The predicted octanol–water partition coefficient (Wildman–Crippen LogP) is 3.81. The maximum absolute atomic E-state index is 11.1. The summed E-state index contributed by atoms with van der Waals surface area (Å²) in [5.74, 6) is 0. The van der Waals surface area contributed by atoms with Gasteiger partial charge in [-0.1, -0.05) is 34.8 Å². The van der Waals surface area contributed by atoms with E-state index in [0.29, 0.717) is 17.4 Å². The maximum Gasteiger partial charge on any atom is 0.248 e. The van der Waals surface area contributed by atoms with E-state index in [0.717, 1.165) is 0 Å². The van der Waals surface area contributed by atoms with Crippen molar-refractivity contribution in [3.05, 3.63) is 55.4 Å². The molecular formula is C12H6Cl3NO2. The van der Waals surface area contributed by atoms with Crippen molar-refractivity contribution in [2.75, 3.05) is 0 Å². The zero-order valence-electron chi connectivity index (χ0n) is 8.84. The van der Waals surface area contributed by atoms with Crippen LogP contribution in [0, 0.1) is 0 Å². The van der Waals surface area contributed by atoms with Crippen LogP contribution >= 0.6 is 34.8 Å². The molecule has 1 N–H and O–H groups in total. The number of H-pyrrole nitrogens is 1. The van der Waals surface area contributed by atoms with Gasteiger partial charge in [0.25, 0.3) is 0 Å². The lowest BCUT2D eigenvalue weighted by atomic mass is 10.0. The molecule has 0 aliphatic carbocycles. The minimum Gasteiger partial charge on any atom is -0.328 e. The molecule has 0 aliphatic heterocycles. The Bertz CT molecular complexity index is 656. The summed E-state index contributed by atoms with van der Waals surface area (Å²) in [6.45, 7) is 0. The van der Waals surface area contributed by atoms with Gasteiger partial charge in [0.2, 0.25) is 5.56 Å². The molecule has 3 nitrogen and oxygen atoms in total. The fraction of sp³-hybridized carbons (Fsp3) is 0. The van der Waals surface area contributed by atoms with Gasteiger partial charge in [-0.2, -0.15) is 0 Å². The second-order valence-corrected chi connectivity index (χ2v) is 4.73. The van der Waals surface area contributed by atoms with Gasteiger partial charge in [-0.15, -0.1) is 0 Å². The Kier molecular flexibility index (Phi) is 3.76. The van der Waals surface area contributed by atoms with E-state index >= 15 is 0 Å². The lowest BCUT2D eigenvalue weighted by molar-refractivity contribution is 0.112. The van der Waals surface area contributed by atoms with E-state index in [9.17, 15) is 9.59 Å². The molecule has 0 aliphatic rings. The van der Waals surface area contributed by atoms with E-state index in [1.807, 2.05) is 0 Å². The minimum atomic E-state index is -0.355. The van der Waals surface area contributed by atoms with Gasteiger partial charge in [-0.3, -0.25) is 9.59 Å². The minimum absolute atomic E-state index is 0.249. The lowest BCUT2D eigenvalue weighted by Gasteiger charge is -2.07. The molecule has 0 unspecified atom stereocenters. The number of nitrogens with one attached hydrogen (secondary N) is 1. The van der Waals surface area contributed by atoms with Crippen LogP contribution in [0.15, 0.2) is 29.2 Å². The Hall–Kier alpha value is -1.29. The molecule has 0 bridgehead atoms. The van der Waals surface area contributed by atoms with Gasteiger partial charge in [0.05, 0.1) is 15.1 Å². The maximum atomic E-state index is 11.1. The fourth-order valence-electron chi connectivity index (χ4n) is 1.55. The Morgan fingerprint density at radius 1 is 1.06 bits per heavy atom. The van der Waals surface area contributed by atoms with E-state index in [-0.39, 0.29) is 26.2 Å². The van der Waals surface area contributed by atoms with E-state index in [1.165, 1.54) is 12.3 Å². The fourth-order valence-corrected chi connectivity index (χ4v) is 2.14. The van der Waals surface area contributed by atoms with Crippen molar-refractivity contribution in [2.24, 2.45) is 0 Å². The topological polar surface area (TPSA) is 49.9 Å². The molecule has 0 spiro atoms. The third kappa shape index (κ3) is 2.43. The molecule has 1 aromatic carbocycles. The van der Waals surface area contributed by atoms with Crippen LogP contribution in [0.25, 0.3) is 11.1 Å². The summed E-state index contributed by atoms with van der Waals surface area (Å²) < 4.78 is 0. The third-order valence-electron chi connectivity index (χ3n) is 2.38. The predicted molar refractivity (Wildman–Crippen MR) is 72.9 cm³/mol. The van der Waals surface area contributed by atoms with Crippen molar-refractivity contribution in [1.82, 2.24) is 4.98 Å². The molecule has 18 heavy (non-hydrogen) atoms. The zero-order valence-corrected chi connectivity index (χ0v) is 11.1.